The summed E-state index contributed by atoms with van der Waals surface area (Å²) in [5, 5.41) is 0. The summed E-state index contributed by atoms with van der Waals surface area (Å²) in [6.45, 7) is 1.59. The molecule has 1 heterocycles. The Balaban J connectivity index is 2.44. The molecule has 54 valence electrons. The van der Waals surface area contributed by atoms with Gasteiger partial charge in [0.15, 0.2) is 0 Å². The fourth-order valence-corrected chi connectivity index (χ4v) is 1.10. The molecule has 0 radical (unpaired) electrons. The summed E-state index contributed by atoms with van der Waals surface area (Å²) in [5.41, 5.74) is 0.993. The van der Waals surface area contributed by atoms with Gasteiger partial charge in [0.25, 0.3) is 0 Å². The van der Waals surface area contributed by atoms with Crippen LogP contribution in [0.1, 0.15) is 0 Å². The average Bonchev–Trinajstić information content (AvgIpc) is 2.31. The molecule has 0 aromatic heterocycles. The first-order chi connectivity index (χ1) is 4.83. The quantitative estimate of drug-likeness (QED) is 0.438. The summed E-state index contributed by atoms with van der Waals surface area (Å²) in [6.07, 6.45) is 4.91. The second-order valence-electron chi connectivity index (χ2n) is 1.86. The van der Waals surface area contributed by atoms with Crippen LogP contribution in [0, 0.1) is 6.08 Å². The van der Waals surface area contributed by atoms with Gasteiger partial charge in [-0.15, -0.1) is 0 Å². The second kappa shape index (κ2) is 4.22. The van der Waals surface area contributed by atoms with Gasteiger partial charge >= 0.3 is 76.9 Å². The molecule has 0 atom stereocenters. The summed E-state index contributed by atoms with van der Waals surface area (Å²) in [7, 11) is 0. The summed E-state index contributed by atoms with van der Waals surface area (Å²) >= 11 is 5.56. The van der Waals surface area contributed by atoms with Gasteiger partial charge in [-0.3, -0.25) is 0 Å². The van der Waals surface area contributed by atoms with Crippen molar-refractivity contribution in [3.05, 3.63) is 11.8 Å². The average molecular weight is 323 g/mol. The first-order valence-corrected chi connectivity index (χ1v) is 4.93. The molecule has 1 aliphatic heterocycles. The van der Waals surface area contributed by atoms with E-state index in [4.69, 9.17) is 0 Å². The Morgan fingerprint density at radius 1 is 1.80 bits per heavy atom. The van der Waals surface area contributed by atoms with Crippen LogP contribution in [0.3, 0.4) is 0 Å². The SMILES string of the molecule is SN1C[C-]=C(N=C[CH]=[W])C1. The molecule has 0 fully saturated rings. The molecule has 1 aliphatic rings. The van der Waals surface area contributed by atoms with Crippen molar-refractivity contribution in [1.82, 2.24) is 4.31 Å². The Hall–Kier alpha value is 0.278. The molecule has 0 aromatic carbocycles. The molecule has 1 rings (SSSR count). The van der Waals surface area contributed by atoms with Gasteiger partial charge in [0, 0.05) is 0 Å². The third-order valence-electron chi connectivity index (χ3n) is 1.09. The number of hydrogen-bond acceptors (Lipinski definition) is 3. The third kappa shape index (κ3) is 2.49. The summed E-state index contributed by atoms with van der Waals surface area (Å²) in [4.78, 5) is 4.15. The Bertz CT molecular complexity index is 188. The zero-order valence-corrected chi connectivity index (χ0v) is 9.15. The van der Waals surface area contributed by atoms with Gasteiger partial charge < -0.3 is 0 Å². The fourth-order valence-electron chi connectivity index (χ4n) is 0.674. The summed E-state index contributed by atoms with van der Waals surface area (Å²) < 4.78 is 3.85. The van der Waals surface area contributed by atoms with Crippen LogP contribution in [0.4, 0.5) is 0 Å². The molecule has 0 amide bonds. The summed E-state index contributed by atoms with van der Waals surface area (Å²) in [5.74, 6) is 0. The van der Waals surface area contributed by atoms with Crippen molar-refractivity contribution in [2.75, 3.05) is 13.1 Å². The molecule has 0 aromatic rings. The standard InChI is InChI=1S/C6H7N2S.W/c1-2-7-6-3-4-8(9)5-6;/h1-2,9H,4-5H2;/q-1;. The predicted octanol–water partition coefficient (Wildman–Crippen LogP) is 0.254. The van der Waals surface area contributed by atoms with Gasteiger partial charge in [-0.2, -0.15) is 0 Å². The van der Waals surface area contributed by atoms with Crippen LogP contribution in [0.2, 0.25) is 0 Å². The molecule has 0 saturated heterocycles. The van der Waals surface area contributed by atoms with E-state index < -0.39 is 0 Å². The maximum atomic E-state index is 4.15. The van der Waals surface area contributed by atoms with E-state index in [1.165, 1.54) is 19.4 Å². The molecular weight excluding hydrogens is 316 g/mol. The molecule has 0 spiro atoms. The Morgan fingerprint density at radius 2 is 2.60 bits per heavy atom. The van der Waals surface area contributed by atoms with E-state index in [-0.39, 0.29) is 0 Å². The van der Waals surface area contributed by atoms with Crippen molar-refractivity contribution in [2.24, 2.45) is 4.99 Å². The number of rotatable bonds is 2. The van der Waals surface area contributed by atoms with E-state index in [9.17, 15) is 0 Å². The molecule has 0 aliphatic carbocycles. The van der Waals surface area contributed by atoms with Crippen molar-refractivity contribution in [2.45, 2.75) is 0 Å². The fraction of sp³-hybridized carbons (Fsp3) is 0.333. The first kappa shape index (κ1) is 8.38. The van der Waals surface area contributed by atoms with Gasteiger partial charge in [-0.1, -0.05) is 0 Å². The Morgan fingerprint density at radius 3 is 3.10 bits per heavy atom. The van der Waals surface area contributed by atoms with E-state index in [0.717, 1.165) is 18.8 Å². The molecule has 0 bridgehead atoms. The number of thiol groups is 1. The zero-order chi connectivity index (χ0) is 7.40. The van der Waals surface area contributed by atoms with Crippen LogP contribution in [0.25, 0.3) is 0 Å². The minimum absolute atomic E-state index is 0.784. The summed E-state index contributed by atoms with van der Waals surface area (Å²) in [6, 6.07) is 0. The van der Waals surface area contributed by atoms with Crippen LogP contribution < -0.4 is 0 Å². The van der Waals surface area contributed by atoms with Crippen molar-refractivity contribution >= 4 is 23.4 Å². The monoisotopic (exact) mass is 323 g/mol. The van der Waals surface area contributed by atoms with Crippen LogP contribution in [-0.4, -0.2) is 28.0 Å². The number of aliphatic imine (C=N–C) groups is 1. The minimum atomic E-state index is 0.784. The van der Waals surface area contributed by atoms with Gasteiger partial charge in [-0.25, -0.2) is 0 Å². The van der Waals surface area contributed by atoms with Crippen LogP contribution in [-0.2, 0) is 19.4 Å². The van der Waals surface area contributed by atoms with E-state index in [1.807, 2.05) is 14.9 Å². The first-order valence-electron chi connectivity index (χ1n) is 2.84. The van der Waals surface area contributed by atoms with Gasteiger partial charge in [0.2, 0.25) is 0 Å². The molecule has 0 saturated carbocycles. The number of hydrogen-bond donors (Lipinski definition) is 1. The molecule has 0 N–H and O–H groups in total. The third-order valence-corrected chi connectivity index (χ3v) is 1.81. The normalized spacial score (nSPS) is 19.9. The molecule has 2 nitrogen and oxygen atoms in total. The van der Waals surface area contributed by atoms with Crippen molar-refractivity contribution in [1.29, 1.82) is 0 Å². The van der Waals surface area contributed by atoms with E-state index >= 15 is 0 Å². The maximum absolute atomic E-state index is 4.15. The van der Waals surface area contributed by atoms with Crippen molar-refractivity contribution in [3.63, 3.8) is 0 Å². The van der Waals surface area contributed by atoms with Gasteiger partial charge in [0.1, 0.15) is 0 Å². The molecule has 10 heavy (non-hydrogen) atoms. The van der Waals surface area contributed by atoms with Crippen LogP contribution in [0.15, 0.2) is 10.7 Å². The molecule has 4 heteroatoms. The van der Waals surface area contributed by atoms with Crippen molar-refractivity contribution < 1.29 is 19.4 Å². The molecular formula is C6H7N2SW-. The van der Waals surface area contributed by atoms with Crippen molar-refractivity contribution in [3.8, 4) is 0 Å². The van der Waals surface area contributed by atoms with E-state index in [0.29, 0.717) is 0 Å². The predicted molar refractivity (Wildman–Crippen MR) is 41.9 cm³/mol. The van der Waals surface area contributed by atoms with Gasteiger partial charge in [-0.05, 0) is 0 Å². The van der Waals surface area contributed by atoms with E-state index in [2.05, 4.69) is 23.9 Å². The van der Waals surface area contributed by atoms with E-state index in [1.54, 1.807) is 0 Å². The Labute approximate surface area is 77.0 Å². The number of nitrogens with zero attached hydrogens (tertiary/aromatic N) is 2. The zero-order valence-electron chi connectivity index (χ0n) is 5.32. The second-order valence-corrected chi connectivity index (χ2v) is 3.40. The van der Waals surface area contributed by atoms with Crippen LogP contribution >= 0.6 is 12.8 Å². The molecule has 0 unspecified atom stereocenters. The topological polar surface area (TPSA) is 15.6 Å². The Kier molecular flexibility index (Phi) is 3.53. The van der Waals surface area contributed by atoms with Crippen LogP contribution in [0.5, 0.6) is 0 Å². The van der Waals surface area contributed by atoms with Gasteiger partial charge in [0.05, 0.1) is 0 Å².